The van der Waals surface area contributed by atoms with E-state index in [4.69, 9.17) is 9.97 Å². The molecule has 0 bridgehead atoms. The lowest BCUT2D eigenvalue weighted by Gasteiger charge is -2.15. The number of rotatable bonds is 3. The predicted molar refractivity (Wildman–Crippen MR) is 127 cm³/mol. The fourth-order valence-electron chi connectivity index (χ4n) is 4.36. The third-order valence-corrected chi connectivity index (χ3v) is 5.50. The van der Waals surface area contributed by atoms with Gasteiger partial charge in [0.15, 0.2) is 0 Å². The molecule has 0 atom stereocenters. The molecule has 30 heavy (non-hydrogen) atoms. The fourth-order valence-corrected chi connectivity index (χ4v) is 4.36. The van der Waals surface area contributed by atoms with E-state index in [1.54, 1.807) is 0 Å². The lowest BCUT2D eigenvalue weighted by atomic mass is 9.96. The van der Waals surface area contributed by atoms with Crippen LogP contribution in [0.5, 0.6) is 0 Å². The van der Waals surface area contributed by atoms with E-state index in [2.05, 4.69) is 96.1 Å². The minimum absolute atomic E-state index is 0.924. The highest BCUT2D eigenvalue weighted by molar-refractivity contribution is 5.81. The molecule has 3 aromatic carbocycles. The third-order valence-electron chi connectivity index (χ3n) is 5.50. The smallest absolute Gasteiger partial charge is 0.0972 e. The van der Waals surface area contributed by atoms with Crippen molar-refractivity contribution in [1.82, 2.24) is 9.97 Å². The van der Waals surface area contributed by atoms with Crippen LogP contribution < -0.4 is 0 Å². The van der Waals surface area contributed by atoms with Crippen LogP contribution in [0.15, 0.2) is 60.8 Å². The molecule has 0 saturated carbocycles. The third kappa shape index (κ3) is 3.91. The molecule has 0 aliphatic carbocycles. The molecule has 0 aliphatic heterocycles. The molecule has 2 nitrogen and oxygen atoms in total. The molecule has 1 aromatic heterocycles. The summed E-state index contributed by atoms with van der Waals surface area (Å²) < 4.78 is 0. The first-order valence-electron chi connectivity index (χ1n) is 10.4. The standard InChI is InChI=1S/C28H28N2/c1-17-10-18(2)13-23(12-17)27-28(24-14-19(3)11-20(4)15-24)30-25(16-29-27)26-21(5)8-7-9-22(26)6/h7-16H,1-6H3. The maximum absolute atomic E-state index is 5.19. The van der Waals surface area contributed by atoms with Gasteiger partial charge in [-0.2, -0.15) is 0 Å². The van der Waals surface area contributed by atoms with Crippen LogP contribution in [0.1, 0.15) is 33.4 Å². The van der Waals surface area contributed by atoms with Crippen molar-refractivity contribution in [2.45, 2.75) is 41.5 Å². The Morgan fingerprint density at radius 3 is 1.53 bits per heavy atom. The predicted octanol–water partition coefficient (Wildman–Crippen LogP) is 7.33. The number of aromatic nitrogens is 2. The average molecular weight is 393 g/mol. The molecule has 2 heteroatoms. The minimum atomic E-state index is 0.924. The number of benzene rings is 3. The van der Waals surface area contributed by atoms with E-state index in [0.29, 0.717) is 0 Å². The molecule has 0 saturated heterocycles. The summed E-state index contributed by atoms with van der Waals surface area (Å²) in [5.41, 5.74) is 13.6. The van der Waals surface area contributed by atoms with Crippen molar-refractivity contribution >= 4 is 0 Å². The molecule has 0 spiro atoms. The van der Waals surface area contributed by atoms with Gasteiger partial charge in [0.05, 0.1) is 23.3 Å². The average Bonchev–Trinajstić information content (AvgIpc) is 2.66. The fraction of sp³-hybridized carbons (Fsp3) is 0.214. The van der Waals surface area contributed by atoms with E-state index >= 15 is 0 Å². The quantitative estimate of drug-likeness (QED) is 0.365. The molecule has 4 rings (SSSR count). The van der Waals surface area contributed by atoms with Gasteiger partial charge in [0, 0.05) is 16.7 Å². The van der Waals surface area contributed by atoms with Crippen LogP contribution in [-0.4, -0.2) is 9.97 Å². The maximum atomic E-state index is 5.19. The van der Waals surface area contributed by atoms with Crippen molar-refractivity contribution in [1.29, 1.82) is 0 Å². The first kappa shape index (κ1) is 20.0. The molecule has 0 amide bonds. The molecule has 4 aromatic rings. The summed E-state index contributed by atoms with van der Waals surface area (Å²) in [7, 11) is 0. The van der Waals surface area contributed by atoms with Gasteiger partial charge in [-0.15, -0.1) is 0 Å². The van der Waals surface area contributed by atoms with Crippen LogP contribution >= 0.6 is 0 Å². The zero-order valence-corrected chi connectivity index (χ0v) is 18.7. The van der Waals surface area contributed by atoms with Gasteiger partial charge in [0.25, 0.3) is 0 Å². The first-order valence-corrected chi connectivity index (χ1v) is 10.4. The van der Waals surface area contributed by atoms with Crippen molar-refractivity contribution in [3.05, 3.63) is 94.2 Å². The Bertz CT molecular complexity index is 1190. The molecular weight excluding hydrogens is 364 g/mol. The van der Waals surface area contributed by atoms with Crippen LogP contribution in [0.4, 0.5) is 0 Å². The highest BCUT2D eigenvalue weighted by Gasteiger charge is 2.16. The number of aryl methyl sites for hydroxylation is 6. The lowest BCUT2D eigenvalue weighted by molar-refractivity contribution is 1.19. The van der Waals surface area contributed by atoms with E-state index in [0.717, 1.165) is 28.2 Å². The molecule has 1 heterocycles. The summed E-state index contributed by atoms with van der Waals surface area (Å²) in [5.74, 6) is 0. The molecule has 0 N–H and O–H groups in total. The second kappa shape index (κ2) is 7.87. The van der Waals surface area contributed by atoms with E-state index in [-0.39, 0.29) is 0 Å². The Morgan fingerprint density at radius 2 is 1.03 bits per heavy atom. The van der Waals surface area contributed by atoms with Crippen molar-refractivity contribution < 1.29 is 0 Å². The number of hydrogen-bond donors (Lipinski definition) is 0. The van der Waals surface area contributed by atoms with E-state index in [9.17, 15) is 0 Å². The zero-order chi connectivity index (χ0) is 21.4. The van der Waals surface area contributed by atoms with Crippen molar-refractivity contribution in [2.24, 2.45) is 0 Å². The molecule has 0 unspecified atom stereocenters. The van der Waals surface area contributed by atoms with Crippen molar-refractivity contribution in [3.8, 4) is 33.8 Å². The Balaban J connectivity index is 2.01. The second-order valence-corrected chi connectivity index (χ2v) is 8.47. The Labute approximate surface area is 179 Å². The van der Waals surface area contributed by atoms with E-state index < -0.39 is 0 Å². The monoisotopic (exact) mass is 392 g/mol. The van der Waals surface area contributed by atoms with Gasteiger partial charge in [-0.05, 0) is 76.9 Å². The van der Waals surface area contributed by atoms with Crippen LogP contribution in [0.2, 0.25) is 0 Å². The van der Waals surface area contributed by atoms with Crippen LogP contribution in [0.25, 0.3) is 33.8 Å². The second-order valence-electron chi connectivity index (χ2n) is 8.47. The first-order chi connectivity index (χ1) is 14.3. The molecule has 150 valence electrons. The summed E-state index contributed by atoms with van der Waals surface area (Å²) in [5, 5.41) is 0. The van der Waals surface area contributed by atoms with Crippen LogP contribution in [0.3, 0.4) is 0 Å². The normalized spacial score (nSPS) is 11.0. The Kier molecular flexibility index (Phi) is 5.26. The summed E-state index contributed by atoms with van der Waals surface area (Å²) in [6, 6.07) is 19.6. The van der Waals surface area contributed by atoms with Crippen LogP contribution in [-0.2, 0) is 0 Å². The van der Waals surface area contributed by atoms with Crippen LogP contribution in [0, 0.1) is 41.5 Å². The molecule has 0 aliphatic rings. The summed E-state index contributed by atoms with van der Waals surface area (Å²) >= 11 is 0. The summed E-state index contributed by atoms with van der Waals surface area (Å²) in [6.07, 6.45) is 1.93. The van der Waals surface area contributed by atoms with Gasteiger partial charge < -0.3 is 0 Å². The number of hydrogen-bond acceptors (Lipinski definition) is 2. The van der Waals surface area contributed by atoms with Gasteiger partial charge in [-0.3, -0.25) is 4.98 Å². The highest BCUT2D eigenvalue weighted by atomic mass is 14.8. The minimum Gasteiger partial charge on any atom is -0.252 e. The van der Waals surface area contributed by atoms with E-state index in [1.165, 1.54) is 38.9 Å². The highest BCUT2D eigenvalue weighted by Crippen LogP contribution is 2.34. The van der Waals surface area contributed by atoms with Gasteiger partial charge in [0.1, 0.15) is 0 Å². The maximum Gasteiger partial charge on any atom is 0.0972 e. The molecule has 0 radical (unpaired) electrons. The van der Waals surface area contributed by atoms with Gasteiger partial charge >= 0.3 is 0 Å². The van der Waals surface area contributed by atoms with Crippen molar-refractivity contribution in [3.63, 3.8) is 0 Å². The SMILES string of the molecule is Cc1cc(C)cc(-c2ncc(-c3c(C)cccc3C)nc2-c2cc(C)cc(C)c2)c1. The Hall–Kier alpha value is -3.26. The zero-order valence-electron chi connectivity index (χ0n) is 18.7. The molecular formula is C28H28N2. The number of nitrogens with zero attached hydrogens (tertiary/aromatic N) is 2. The summed E-state index contributed by atoms with van der Waals surface area (Å²) in [6.45, 7) is 12.8. The largest absolute Gasteiger partial charge is 0.252 e. The van der Waals surface area contributed by atoms with Gasteiger partial charge in [-0.1, -0.05) is 52.6 Å². The van der Waals surface area contributed by atoms with Gasteiger partial charge in [0.2, 0.25) is 0 Å². The Morgan fingerprint density at radius 1 is 0.567 bits per heavy atom. The van der Waals surface area contributed by atoms with Crippen molar-refractivity contribution in [2.75, 3.05) is 0 Å². The summed E-state index contributed by atoms with van der Waals surface area (Å²) in [4.78, 5) is 10.2. The van der Waals surface area contributed by atoms with E-state index in [1.807, 2.05) is 6.20 Å². The molecule has 0 fully saturated rings. The lowest BCUT2D eigenvalue weighted by Crippen LogP contribution is -1.99. The van der Waals surface area contributed by atoms with Gasteiger partial charge in [-0.25, -0.2) is 4.98 Å². The topological polar surface area (TPSA) is 25.8 Å².